The molecular weight excluding hydrogens is 172 g/mol. The second-order valence-electron chi connectivity index (χ2n) is 3.52. The van der Waals surface area contributed by atoms with Crippen molar-refractivity contribution in [1.29, 1.82) is 0 Å². The van der Waals surface area contributed by atoms with Crippen molar-refractivity contribution < 1.29 is 0 Å². The average Bonchev–Trinajstić information content (AvgIpc) is 2.25. The Kier molecular flexibility index (Phi) is 5.27. The monoisotopic (exact) mass is 192 g/mol. The second-order valence-corrected chi connectivity index (χ2v) is 3.52. The summed E-state index contributed by atoms with van der Waals surface area (Å²) in [6.07, 6.45) is 2.23. The summed E-state index contributed by atoms with van der Waals surface area (Å²) in [5.74, 6) is 0. The molecule has 0 spiro atoms. The van der Waals surface area contributed by atoms with Gasteiger partial charge in [-0.15, -0.1) is 0 Å². The molecule has 0 aromatic heterocycles. The van der Waals surface area contributed by atoms with E-state index >= 15 is 0 Å². The molecule has 0 saturated carbocycles. The van der Waals surface area contributed by atoms with Crippen LogP contribution in [0.2, 0.25) is 0 Å². The van der Waals surface area contributed by atoms with E-state index in [0.717, 1.165) is 25.9 Å². The molecule has 2 nitrogen and oxygen atoms in total. The Labute approximate surface area is 86.7 Å². The van der Waals surface area contributed by atoms with Crippen LogP contribution in [0.4, 0.5) is 0 Å². The quantitative estimate of drug-likeness (QED) is 0.708. The van der Waals surface area contributed by atoms with Crippen LogP contribution in [-0.2, 0) is 12.8 Å². The number of nitrogens with one attached hydrogen (secondary N) is 2. The normalized spacial score (nSPS) is 10.4. The Bertz CT molecular complexity index is 214. The molecule has 78 valence electrons. The lowest BCUT2D eigenvalue weighted by Gasteiger charge is -2.03. The molecule has 2 N–H and O–H groups in total. The zero-order valence-corrected chi connectivity index (χ0v) is 9.14. The highest BCUT2D eigenvalue weighted by Crippen LogP contribution is 2.05. The van der Waals surface area contributed by atoms with Crippen molar-refractivity contribution in [2.45, 2.75) is 12.8 Å². The molecule has 0 heterocycles. The molecule has 1 aromatic carbocycles. The Balaban J connectivity index is 2.42. The van der Waals surface area contributed by atoms with E-state index in [1.54, 1.807) is 0 Å². The predicted octanol–water partition coefficient (Wildman–Crippen LogP) is 1.21. The minimum absolute atomic E-state index is 1.05. The van der Waals surface area contributed by atoms with E-state index in [4.69, 9.17) is 0 Å². The van der Waals surface area contributed by atoms with Crippen LogP contribution in [0.25, 0.3) is 0 Å². The first-order chi connectivity index (χ1) is 6.86. The van der Waals surface area contributed by atoms with E-state index in [1.165, 1.54) is 11.1 Å². The molecule has 0 aliphatic rings. The lowest BCUT2D eigenvalue weighted by Crippen LogP contribution is -2.11. The fourth-order valence-electron chi connectivity index (χ4n) is 1.41. The van der Waals surface area contributed by atoms with Gasteiger partial charge in [0.2, 0.25) is 0 Å². The Morgan fingerprint density at radius 3 is 1.43 bits per heavy atom. The Hall–Kier alpha value is -0.860. The van der Waals surface area contributed by atoms with E-state index in [0.29, 0.717) is 0 Å². The molecule has 14 heavy (non-hydrogen) atoms. The third-order valence-electron chi connectivity index (χ3n) is 2.35. The topological polar surface area (TPSA) is 24.1 Å². The van der Waals surface area contributed by atoms with Gasteiger partial charge in [-0.25, -0.2) is 0 Å². The lowest BCUT2D eigenvalue weighted by atomic mass is 10.1. The third kappa shape index (κ3) is 3.90. The largest absolute Gasteiger partial charge is 0.319 e. The summed E-state index contributed by atoms with van der Waals surface area (Å²) in [4.78, 5) is 0. The van der Waals surface area contributed by atoms with Gasteiger partial charge in [-0.2, -0.15) is 0 Å². The van der Waals surface area contributed by atoms with Crippen LogP contribution in [0.15, 0.2) is 24.3 Å². The maximum absolute atomic E-state index is 3.16. The zero-order valence-electron chi connectivity index (χ0n) is 9.14. The molecular formula is C12H20N2. The Morgan fingerprint density at radius 1 is 0.786 bits per heavy atom. The smallest absolute Gasteiger partial charge is 0.00114 e. The summed E-state index contributed by atoms with van der Waals surface area (Å²) in [5, 5.41) is 6.31. The fourth-order valence-corrected chi connectivity index (χ4v) is 1.41. The average molecular weight is 192 g/mol. The molecule has 0 aliphatic carbocycles. The fraction of sp³-hybridized carbons (Fsp3) is 0.500. The second kappa shape index (κ2) is 6.57. The molecule has 0 unspecified atom stereocenters. The minimum Gasteiger partial charge on any atom is -0.319 e. The first kappa shape index (κ1) is 11.2. The summed E-state index contributed by atoms with van der Waals surface area (Å²) < 4.78 is 0. The zero-order chi connectivity index (χ0) is 10.2. The van der Waals surface area contributed by atoms with Gasteiger partial charge in [-0.1, -0.05) is 24.3 Å². The number of hydrogen-bond acceptors (Lipinski definition) is 2. The standard InChI is InChI=1S/C12H20N2/c1-13-9-7-11-3-5-12(6-4-11)8-10-14-2/h3-6,13-14H,7-10H2,1-2H3. The van der Waals surface area contributed by atoms with Gasteiger partial charge in [-0.05, 0) is 51.2 Å². The van der Waals surface area contributed by atoms with E-state index in [9.17, 15) is 0 Å². The van der Waals surface area contributed by atoms with Crippen molar-refractivity contribution in [3.63, 3.8) is 0 Å². The molecule has 0 amide bonds. The highest BCUT2D eigenvalue weighted by atomic mass is 14.8. The van der Waals surface area contributed by atoms with Crippen LogP contribution in [0.5, 0.6) is 0 Å². The maximum Gasteiger partial charge on any atom is -0.00114 e. The summed E-state index contributed by atoms with van der Waals surface area (Å²) >= 11 is 0. The van der Waals surface area contributed by atoms with Gasteiger partial charge in [0.05, 0.1) is 0 Å². The van der Waals surface area contributed by atoms with Crippen LogP contribution in [0.3, 0.4) is 0 Å². The van der Waals surface area contributed by atoms with Crippen molar-refractivity contribution in [3.8, 4) is 0 Å². The molecule has 0 saturated heterocycles. The lowest BCUT2D eigenvalue weighted by molar-refractivity contribution is 0.784. The minimum atomic E-state index is 1.05. The van der Waals surface area contributed by atoms with Crippen LogP contribution < -0.4 is 10.6 Å². The van der Waals surface area contributed by atoms with Crippen molar-refractivity contribution >= 4 is 0 Å². The van der Waals surface area contributed by atoms with Gasteiger partial charge in [0.15, 0.2) is 0 Å². The molecule has 0 aliphatic heterocycles. The highest BCUT2D eigenvalue weighted by molar-refractivity contribution is 5.23. The summed E-state index contributed by atoms with van der Waals surface area (Å²) in [6, 6.07) is 8.90. The molecule has 2 heteroatoms. The molecule has 0 radical (unpaired) electrons. The van der Waals surface area contributed by atoms with Crippen LogP contribution in [-0.4, -0.2) is 27.2 Å². The third-order valence-corrected chi connectivity index (χ3v) is 2.35. The summed E-state index contributed by atoms with van der Waals surface area (Å²) in [7, 11) is 3.97. The molecule has 0 bridgehead atoms. The van der Waals surface area contributed by atoms with Crippen molar-refractivity contribution in [2.24, 2.45) is 0 Å². The first-order valence-corrected chi connectivity index (χ1v) is 5.24. The van der Waals surface area contributed by atoms with Gasteiger partial charge in [0, 0.05) is 0 Å². The molecule has 0 fully saturated rings. The van der Waals surface area contributed by atoms with Gasteiger partial charge < -0.3 is 10.6 Å². The number of benzene rings is 1. The van der Waals surface area contributed by atoms with Gasteiger partial charge in [0.1, 0.15) is 0 Å². The first-order valence-electron chi connectivity index (χ1n) is 5.24. The van der Waals surface area contributed by atoms with Crippen molar-refractivity contribution in [3.05, 3.63) is 35.4 Å². The summed E-state index contributed by atoms with van der Waals surface area (Å²) in [6.45, 7) is 2.10. The van der Waals surface area contributed by atoms with E-state index < -0.39 is 0 Å². The Morgan fingerprint density at radius 2 is 1.14 bits per heavy atom. The van der Waals surface area contributed by atoms with Gasteiger partial charge in [-0.3, -0.25) is 0 Å². The number of hydrogen-bond donors (Lipinski definition) is 2. The number of rotatable bonds is 6. The van der Waals surface area contributed by atoms with Crippen LogP contribution in [0.1, 0.15) is 11.1 Å². The van der Waals surface area contributed by atoms with Crippen LogP contribution >= 0.6 is 0 Å². The molecule has 0 atom stereocenters. The highest BCUT2D eigenvalue weighted by Gasteiger charge is 1.94. The van der Waals surface area contributed by atoms with E-state index in [1.807, 2.05) is 14.1 Å². The van der Waals surface area contributed by atoms with E-state index in [-0.39, 0.29) is 0 Å². The van der Waals surface area contributed by atoms with Crippen molar-refractivity contribution in [1.82, 2.24) is 10.6 Å². The maximum atomic E-state index is 3.16. The van der Waals surface area contributed by atoms with Gasteiger partial charge >= 0.3 is 0 Å². The number of likely N-dealkylation sites (N-methyl/N-ethyl adjacent to an activating group) is 2. The molecule has 1 rings (SSSR count). The van der Waals surface area contributed by atoms with Crippen LogP contribution in [0, 0.1) is 0 Å². The summed E-state index contributed by atoms with van der Waals surface area (Å²) in [5.41, 5.74) is 2.82. The molecule has 1 aromatic rings. The van der Waals surface area contributed by atoms with Gasteiger partial charge in [0.25, 0.3) is 0 Å². The van der Waals surface area contributed by atoms with E-state index in [2.05, 4.69) is 34.9 Å². The predicted molar refractivity (Wildman–Crippen MR) is 61.7 cm³/mol. The van der Waals surface area contributed by atoms with Crippen molar-refractivity contribution in [2.75, 3.05) is 27.2 Å². The SMILES string of the molecule is CNCCc1ccc(CCNC)cc1.